The van der Waals surface area contributed by atoms with Crippen molar-refractivity contribution >= 4 is 11.6 Å². The van der Waals surface area contributed by atoms with Gasteiger partial charge >= 0.3 is 0 Å². The van der Waals surface area contributed by atoms with Gasteiger partial charge in [-0.2, -0.15) is 0 Å². The van der Waals surface area contributed by atoms with Gasteiger partial charge in [-0.25, -0.2) is 8.78 Å². The van der Waals surface area contributed by atoms with E-state index in [2.05, 4.69) is 49.1 Å². The second kappa shape index (κ2) is 9.67. The molecule has 158 valence electrons. The molecule has 3 aromatic carbocycles. The van der Waals surface area contributed by atoms with Gasteiger partial charge in [-0.1, -0.05) is 73.9 Å². The molecular formula is C28H25ClF2. The average molecular weight is 435 g/mol. The van der Waals surface area contributed by atoms with Crippen molar-refractivity contribution in [3.63, 3.8) is 0 Å². The first-order valence-electron chi connectivity index (χ1n) is 11.0. The van der Waals surface area contributed by atoms with E-state index in [0.29, 0.717) is 0 Å². The van der Waals surface area contributed by atoms with Crippen LogP contribution in [0.3, 0.4) is 0 Å². The van der Waals surface area contributed by atoms with E-state index < -0.39 is 16.7 Å². The molecule has 0 unspecified atom stereocenters. The maximum atomic E-state index is 13.6. The van der Waals surface area contributed by atoms with Crippen molar-refractivity contribution in [2.24, 2.45) is 0 Å². The van der Waals surface area contributed by atoms with Gasteiger partial charge in [0.2, 0.25) is 0 Å². The number of halogens is 3. The number of hydrogen-bond acceptors (Lipinski definition) is 0. The first kappa shape index (κ1) is 21.6. The predicted molar refractivity (Wildman–Crippen MR) is 124 cm³/mol. The van der Waals surface area contributed by atoms with Crippen molar-refractivity contribution < 1.29 is 8.78 Å². The Hall–Kier alpha value is -2.63. The van der Waals surface area contributed by atoms with E-state index >= 15 is 0 Å². The molecule has 1 aliphatic carbocycles. The van der Waals surface area contributed by atoms with E-state index in [1.165, 1.54) is 53.5 Å². The highest BCUT2D eigenvalue weighted by Gasteiger charge is 2.16. The largest absolute Gasteiger partial charge is 0.205 e. The fourth-order valence-corrected chi connectivity index (χ4v) is 4.32. The lowest BCUT2D eigenvalue weighted by Gasteiger charge is -2.21. The zero-order valence-corrected chi connectivity index (χ0v) is 18.5. The van der Waals surface area contributed by atoms with E-state index in [9.17, 15) is 8.78 Å². The minimum atomic E-state index is -0.794. The molecule has 0 bridgehead atoms. The van der Waals surface area contributed by atoms with Gasteiger partial charge in [0.05, 0.1) is 0 Å². The van der Waals surface area contributed by atoms with Crippen LogP contribution in [0.25, 0.3) is 11.1 Å². The van der Waals surface area contributed by atoms with Gasteiger partial charge in [0.1, 0.15) is 16.7 Å². The molecular weight excluding hydrogens is 410 g/mol. The Balaban J connectivity index is 1.54. The van der Waals surface area contributed by atoms with Crippen LogP contribution >= 0.6 is 11.6 Å². The SMILES string of the molecule is CCCCCCc1ccc2c(c1)CCc1cc(C#Cc3cc(F)c(Cl)c(F)c3)ccc1-2. The molecule has 3 heteroatoms. The second-order valence-corrected chi connectivity index (χ2v) is 8.56. The lowest BCUT2D eigenvalue weighted by atomic mass is 9.83. The molecule has 0 saturated heterocycles. The fraction of sp³-hybridized carbons (Fsp3) is 0.286. The molecule has 0 heterocycles. The normalized spacial score (nSPS) is 12.0. The number of hydrogen-bond donors (Lipinski definition) is 0. The molecule has 0 radical (unpaired) electrons. The minimum Gasteiger partial charge on any atom is -0.205 e. The molecule has 0 spiro atoms. The summed E-state index contributed by atoms with van der Waals surface area (Å²) in [5.74, 6) is 4.28. The Morgan fingerprint density at radius 3 is 2.13 bits per heavy atom. The molecule has 0 fully saturated rings. The highest BCUT2D eigenvalue weighted by atomic mass is 35.5. The smallest absolute Gasteiger partial charge is 0.146 e. The van der Waals surface area contributed by atoms with E-state index in [4.69, 9.17) is 11.6 Å². The third kappa shape index (κ3) is 5.00. The van der Waals surface area contributed by atoms with Gasteiger partial charge in [-0.05, 0) is 77.8 Å². The predicted octanol–water partition coefficient (Wildman–Crippen LogP) is 7.91. The first-order valence-corrected chi connectivity index (χ1v) is 11.3. The first-order chi connectivity index (χ1) is 15.0. The van der Waals surface area contributed by atoms with E-state index in [1.807, 2.05) is 6.07 Å². The quantitative estimate of drug-likeness (QED) is 0.217. The van der Waals surface area contributed by atoms with Crippen molar-refractivity contribution in [3.05, 3.63) is 93.0 Å². The molecule has 0 saturated carbocycles. The molecule has 0 aliphatic heterocycles. The van der Waals surface area contributed by atoms with Crippen LogP contribution in [0, 0.1) is 23.5 Å². The Morgan fingerprint density at radius 2 is 1.42 bits per heavy atom. The zero-order valence-electron chi connectivity index (χ0n) is 17.7. The van der Waals surface area contributed by atoms with E-state index in [1.54, 1.807) is 0 Å². The molecule has 1 aliphatic rings. The van der Waals surface area contributed by atoms with Crippen LogP contribution in [0.2, 0.25) is 5.02 Å². The number of benzene rings is 3. The molecule has 0 amide bonds. The number of rotatable bonds is 5. The van der Waals surface area contributed by atoms with Crippen molar-refractivity contribution in [2.75, 3.05) is 0 Å². The van der Waals surface area contributed by atoms with Crippen molar-refractivity contribution in [1.82, 2.24) is 0 Å². The highest BCUT2D eigenvalue weighted by Crippen LogP contribution is 2.34. The Labute approximate surface area is 188 Å². The fourth-order valence-electron chi connectivity index (χ4n) is 4.21. The topological polar surface area (TPSA) is 0 Å². The van der Waals surface area contributed by atoms with Gasteiger partial charge in [0.25, 0.3) is 0 Å². The monoisotopic (exact) mass is 434 g/mol. The summed E-state index contributed by atoms with van der Waals surface area (Å²) < 4.78 is 27.2. The summed E-state index contributed by atoms with van der Waals surface area (Å²) >= 11 is 5.54. The standard InChI is InChI=1S/C28H25ClF2/c1-2-3-4-5-6-19-9-13-24-22(15-19)11-12-23-16-20(10-14-25(23)24)7-8-21-17-26(30)28(29)27(31)18-21/h9-10,13-18H,2-6,11-12H2,1H3. The van der Waals surface area contributed by atoms with Crippen molar-refractivity contribution in [3.8, 4) is 23.0 Å². The lowest BCUT2D eigenvalue weighted by molar-refractivity contribution is 0.583. The van der Waals surface area contributed by atoms with Gasteiger partial charge in [-0.15, -0.1) is 0 Å². The third-order valence-corrected chi connectivity index (χ3v) is 6.24. The molecule has 4 rings (SSSR count). The molecule has 3 aromatic rings. The van der Waals surface area contributed by atoms with Gasteiger partial charge in [-0.3, -0.25) is 0 Å². The van der Waals surface area contributed by atoms with Gasteiger partial charge < -0.3 is 0 Å². The Kier molecular flexibility index (Phi) is 6.73. The van der Waals surface area contributed by atoms with Crippen LogP contribution in [0.4, 0.5) is 8.78 Å². The number of aryl methyl sites for hydroxylation is 3. The van der Waals surface area contributed by atoms with Crippen LogP contribution < -0.4 is 0 Å². The molecule has 31 heavy (non-hydrogen) atoms. The number of fused-ring (bicyclic) bond motifs is 3. The van der Waals surface area contributed by atoms with Crippen LogP contribution in [-0.2, 0) is 19.3 Å². The summed E-state index contributed by atoms with van der Waals surface area (Å²) in [6, 6.07) is 15.4. The van der Waals surface area contributed by atoms with Crippen LogP contribution in [0.15, 0.2) is 48.5 Å². The summed E-state index contributed by atoms with van der Waals surface area (Å²) in [5.41, 5.74) is 7.80. The Bertz CT molecular complexity index is 1140. The molecule has 0 atom stereocenters. The summed E-state index contributed by atoms with van der Waals surface area (Å²) in [7, 11) is 0. The van der Waals surface area contributed by atoms with Crippen molar-refractivity contribution in [1.29, 1.82) is 0 Å². The van der Waals surface area contributed by atoms with Crippen molar-refractivity contribution in [2.45, 2.75) is 51.9 Å². The van der Waals surface area contributed by atoms with E-state index in [-0.39, 0.29) is 5.56 Å². The minimum absolute atomic E-state index is 0.272. The summed E-state index contributed by atoms with van der Waals surface area (Å²) in [5, 5.41) is -0.498. The average Bonchev–Trinajstić information content (AvgIpc) is 2.78. The van der Waals surface area contributed by atoms with Crippen LogP contribution in [0.1, 0.15) is 60.4 Å². The summed E-state index contributed by atoms with van der Waals surface area (Å²) in [6.07, 6.45) is 8.28. The Morgan fingerprint density at radius 1 is 0.774 bits per heavy atom. The maximum Gasteiger partial charge on any atom is 0.146 e. The van der Waals surface area contributed by atoms with Gasteiger partial charge in [0.15, 0.2) is 0 Å². The zero-order chi connectivity index (χ0) is 21.8. The van der Waals surface area contributed by atoms with Crippen LogP contribution in [0.5, 0.6) is 0 Å². The highest BCUT2D eigenvalue weighted by molar-refractivity contribution is 6.30. The lowest BCUT2D eigenvalue weighted by Crippen LogP contribution is -2.05. The molecule has 0 nitrogen and oxygen atoms in total. The second-order valence-electron chi connectivity index (χ2n) is 8.18. The maximum absolute atomic E-state index is 13.6. The third-order valence-electron chi connectivity index (χ3n) is 5.88. The van der Waals surface area contributed by atoms with E-state index in [0.717, 1.165) is 37.0 Å². The molecule has 0 N–H and O–H groups in total. The summed E-state index contributed by atoms with van der Waals surface area (Å²) in [4.78, 5) is 0. The summed E-state index contributed by atoms with van der Waals surface area (Å²) in [6.45, 7) is 2.24. The number of unbranched alkanes of at least 4 members (excludes halogenated alkanes) is 3. The van der Waals surface area contributed by atoms with Gasteiger partial charge in [0, 0.05) is 11.1 Å². The van der Waals surface area contributed by atoms with Crippen LogP contribution in [-0.4, -0.2) is 0 Å². The molecule has 0 aromatic heterocycles.